The van der Waals surface area contributed by atoms with Gasteiger partial charge in [-0.25, -0.2) is 4.79 Å². The van der Waals surface area contributed by atoms with Crippen molar-refractivity contribution in [2.75, 3.05) is 24.7 Å². The summed E-state index contributed by atoms with van der Waals surface area (Å²) in [5.74, 6) is -1.74. The first-order chi connectivity index (χ1) is 13.4. The first-order valence-corrected chi connectivity index (χ1v) is 10.2. The second kappa shape index (κ2) is 10.4. The maximum absolute atomic E-state index is 12.1. The van der Waals surface area contributed by atoms with Gasteiger partial charge in [-0.2, -0.15) is 0 Å². The third-order valence-corrected chi connectivity index (χ3v) is 4.84. The third kappa shape index (κ3) is 6.02. The molecule has 0 spiro atoms. The summed E-state index contributed by atoms with van der Waals surface area (Å²) in [6, 6.07) is 13.7. The van der Waals surface area contributed by atoms with E-state index in [4.69, 9.17) is 4.74 Å². The number of aryl methyl sites for hydroxylation is 1. The molecule has 0 saturated heterocycles. The maximum Gasteiger partial charge on any atom is 0.339 e. The molecule has 2 aromatic rings. The lowest BCUT2D eigenvalue weighted by molar-refractivity contribution is -0.126. The van der Waals surface area contributed by atoms with Gasteiger partial charge in [0.2, 0.25) is 5.91 Å². The van der Waals surface area contributed by atoms with E-state index in [9.17, 15) is 18.6 Å². The van der Waals surface area contributed by atoms with Crippen LogP contribution >= 0.6 is 0 Å². The fraction of sp³-hybridized carbons (Fsp3) is 0.250. The summed E-state index contributed by atoms with van der Waals surface area (Å²) in [4.78, 5) is 36.3. The number of anilines is 1. The Morgan fingerprint density at radius 2 is 1.68 bits per heavy atom. The predicted octanol–water partition coefficient (Wildman–Crippen LogP) is 1.90. The highest BCUT2D eigenvalue weighted by atomic mass is 32.2. The number of amides is 2. The molecule has 1 atom stereocenters. The minimum atomic E-state index is -1.36. The van der Waals surface area contributed by atoms with Crippen molar-refractivity contribution < 1.29 is 23.3 Å². The zero-order valence-corrected chi connectivity index (χ0v) is 16.5. The molecule has 0 radical (unpaired) electrons. The van der Waals surface area contributed by atoms with Crippen molar-refractivity contribution in [3.63, 3.8) is 0 Å². The van der Waals surface area contributed by atoms with E-state index in [2.05, 4.69) is 10.6 Å². The molecule has 2 rings (SSSR count). The molecule has 8 heteroatoms. The summed E-state index contributed by atoms with van der Waals surface area (Å²) in [6.45, 7) is 1.19. The van der Waals surface area contributed by atoms with Crippen molar-refractivity contribution in [3.8, 4) is 0 Å². The van der Waals surface area contributed by atoms with Gasteiger partial charge in [0.15, 0.2) is 6.61 Å². The lowest BCUT2D eigenvalue weighted by Crippen LogP contribution is -2.35. The van der Waals surface area contributed by atoms with Crippen molar-refractivity contribution in [1.29, 1.82) is 0 Å². The molecule has 7 nitrogen and oxygen atoms in total. The topological polar surface area (TPSA) is 102 Å². The molecule has 0 heterocycles. The molecule has 0 aliphatic carbocycles. The number of nitrogens with one attached hydrogen (secondary N) is 2. The van der Waals surface area contributed by atoms with Gasteiger partial charge >= 0.3 is 5.97 Å². The molecular formula is C20H22N2O5S. The zero-order chi connectivity index (χ0) is 20.5. The Balaban J connectivity index is 1.82. The Hall–Kier alpha value is -3.00. The van der Waals surface area contributed by atoms with Gasteiger partial charge in [-0.15, -0.1) is 0 Å². The summed E-state index contributed by atoms with van der Waals surface area (Å²) in [7, 11) is -1.36. The maximum atomic E-state index is 12.1. The van der Waals surface area contributed by atoms with Crippen LogP contribution in [-0.4, -0.2) is 41.4 Å². The number of carbonyl (C=O) groups excluding carboxylic acids is 3. The van der Waals surface area contributed by atoms with E-state index in [1.165, 1.54) is 12.3 Å². The fourth-order valence-electron chi connectivity index (χ4n) is 2.47. The number of para-hydroxylation sites is 1. The highest BCUT2D eigenvalue weighted by molar-refractivity contribution is 7.84. The molecule has 2 N–H and O–H groups in total. The van der Waals surface area contributed by atoms with E-state index in [1.807, 2.05) is 25.1 Å². The molecule has 0 unspecified atom stereocenters. The summed E-state index contributed by atoms with van der Waals surface area (Å²) in [5, 5.41) is 5.13. The van der Waals surface area contributed by atoms with Crippen LogP contribution in [0.2, 0.25) is 0 Å². The molecule has 2 aromatic carbocycles. The highest BCUT2D eigenvalue weighted by Crippen LogP contribution is 2.15. The Kier molecular flexibility index (Phi) is 7.88. The van der Waals surface area contributed by atoms with E-state index >= 15 is 0 Å². The van der Waals surface area contributed by atoms with Gasteiger partial charge in [0.1, 0.15) is 0 Å². The van der Waals surface area contributed by atoms with Crippen LogP contribution in [0.5, 0.6) is 0 Å². The van der Waals surface area contributed by atoms with E-state index in [1.54, 1.807) is 24.3 Å². The molecule has 0 aliphatic rings. The van der Waals surface area contributed by atoms with Crippen molar-refractivity contribution in [3.05, 3.63) is 59.7 Å². The van der Waals surface area contributed by atoms with Crippen LogP contribution in [0.15, 0.2) is 53.4 Å². The van der Waals surface area contributed by atoms with E-state index in [0.29, 0.717) is 10.6 Å². The van der Waals surface area contributed by atoms with Gasteiger partial charge in [0.25, 0.3) is 5.91 Å². The van der Waals surface area contributed by atoms with Crippen molar-refractivity contribution in [2.45, 2.75) is 18.2 Å². The smallest absolute Gasteiger partial charge is 0.339 e. The van der Waals surface area contributed by atoms with Crippen LogP contribution in [0.1, 0.15) is 22.8 Å². The Bertz CT molecular complexity index is 898. The Labute approximate surface area is 165 Å². The molecule has 0 fully saturated rings. The van der Waals surface area contributed by atoms with Gasteiger partial charge < -0.3 is 15.4 Å². The van der Waals surface area contributed by atoms with Gasteiger partial charge in [0, 0.05) is 11.9 Å². The largest absolute Gasteiger partial charge is 0.452 e. The zero-order valence-electron chi connectivity index (χ0n) is 15.7. The summed E-state index contributed by atoms with van der Waals surface area (Å²) < 4.78 is 16.6. The molecule has 0 saturated carbocycles. The SMILES string of the molecule is CCc1ccccc1NC(=O)CNC(=O)COC(=O)c1ccccc1[S@@](C)=O. The van der Waals surface area contributed by atoms with E-state index < -0.39 is 29.3 Å². The first-order valence-electron chi connectivity index (χ1n) is 8.66. The third-order valence-electron chi connectivity index (χ3n) is 3.87. The molecule has 148 valence electrons. The van der Waals surface area contributed by atoms with Crippen LogP contribution in [0.25, 0.3) is 0 Å². The van der Waals surface area contributed by atoms with E-state index in [0.717, 1.165) is 12.0 Å². The minimum absolute atomic E-state index is 0.144. The summed E-state index contributed by atoms with van der Waals surface area (Å²) >= 11 is 0. The van der Waals surface area contributed by atoms with Crippen LogP contribution in [-0.2, 0) is 31.5 Å². The van der Waals surface area contributed by atoms with Crippen LogP contribution in [0, 0.1) is 0 Å². The molecular weight excluding hydrogens is 380 g/mol. The number of ether oxygens (including phenoxy) is 1. The number of carbonyl (C=O) groups is 3. The highest BCUT2D eigenvalue weighted by Gasteiger charge is 2.16. The monoisotopic (exact) mass is 402 g/mol. The quantitative estimate of drug-likeness (QED) is 0.657. The minimum Gasteiger partial charge on any atom is -0.452 e. The molecule has 28 heavy (non-hydrogen) atoms. The first kappa shape index (κ1) is 21.3. The van der Waals surface area contributed by atoms with Crippen molar-refractivity contribution in [1.82, 2.24) is 5.32 Å². The fourth-order valence-corrected chi connectivity index (χ4v) is 3.20. The second-order valence-corrected chi connectivity index (χ2v) is 7.21. The predicted molar refractivity (Wildman–Crippen MR) is 107 cm³/mol. The summed E-state index contributed by atoms with van der Waals surface area (Å²) in [6.07, 6.45) is 2.22. The number of hydrogen-bond donors (Lipinski definition) is 2. The lowest BCUT2D eigenvalue weighted by atomic mass is 10.1. The molecule has 2 amide bonds. The van der Waals surface area contributed by atoms with Gasteiger partial charge in [-0.1, -0.05) is 37.3 Å². The number of esters is 1. The van der Waals surface area contributed by atoms with Crippen LogP contribution < -0.4 is 10.6 Å². The lowest BCUT2D eigenvalue weighted by Gasteiger charge is -2.11. The molecule has 0 bridgehead atoms. The van der Waals surface area contributed by atoms with Gasteiger partial charge in [-0.05, 0) is 30.2 Å². The second-order valence-electron chi connectivity index (χ2n) is 5.86. The van der Waals surface area contributed by atoms with Gasteiger partial charge in [0.05, 0.1) is 27.8 Å². The average molecular weight is 402 g/mol. The van der Waals surface area contributed by atoms with Crippen LogP contribution in [0.4, 0.5) is 5.69 Å². The van der Waals surface area contributed by atoms with Crippen LogP contribution in [0.3, 0.4) is 0 Å². The van der Waals surface area contributed by atoms with Crippen molar-refractivity contribution in [2.24, 2.45) is 0 Å². The van der Waals surface area contributed by atoms with E-state index in [-0.39, 0.29) is 18.0 Å². The standard InChI is InChI=1S/C20H22N2O5S/c1-3-14-8-4-6-10-16(14)22-18(23)12-21-19(24)13-27-20(25)15-9-5-7-11-17(15)28(2)26/h4-11H,3,12-13H2,1-2H3,(H,21,24)(H,22,23)/t28-/m1/s1. The number of benzene rings is 2. The van der Waals surface area contributed by atoms with Gasteiger partial charge in [-0.3, -0.25) is 13.8 Å². The number of rotatable bonds is 8. The molecule has 0 aromatic heterocycles. The van der Waals surface area contributed by atoms with Crippen molar-refractivity contribution >= 4 is 34.3 Å². The normalized spacial score (nSPS) is 11.4. The average Bonchev–Trinajstić information content (AvgIpc) is 2.70. The Morgan fingerprint density at radius 1 is 1.00 bits per heavy atom. The number of hydrogen-bond acceptors (Lipinski definition) is 5. The molecule has 0 aliphatic heterocycles. The Morgan fingerprint density at radius 3 is 2.39 bits per heavy atom. The summed E-state index contributed by atoms with van der Waals surface area (Å²) in [5.41, 5.74) is 1.83.